The lowest BCUT2D eigenvalue weighted by Gasteiger charge is -2.31. The average molecular weight is 1520 g/mol. The molecule has 1 aromatic rings. The fraction of sp³-hybridized carbons (Fsp3) is 0.646. The topological polar surface area (TPSA) is 737 Å². The number of aliphatic hydroxyl groups excluding tert-OH is 3. The normalized spacial score (nSPS) is 16.1. The van der Waals surface area contributed by atoms with Crippen molar-refractivity contribution in [1.82, 2.24) is 63.4 Å². The number of nitrogens with one attached hydrogen (secondary N) is 11. The van der Waals surface area contributed by atoms with Crippen molar-refractivity contribution in [2.24, 2.45) is 73.2 Å². The van der Waals surface area contributed by atoms with Crippen LogP contribution in [0.1, 0.15) is 130 Å². The van der Waals surface area contributed by atoms with Gasteiger partial charge in [-0.05, 0) is 115 Å². The van der Waals surface area contributed by atoms with Gasteiger partial charge in [0.2, 0.25) is 88.6 Å². The minimum atomic E-state index is -2.00. The summed E-state index contributed by atoms with van der Waals surface area (Å²) in [5.74, 6) is -16.5. The number of carbonyl (C=O) groups excluding carboxylic acids is 15. The van der Waals surface area contributed by atoms with Crippen LogP contribution in [-0.2, 0) is 78.3 Å². The maximum atomic E-state index is 14.6. The van der Waals surface area contributed by atoms with Gasteiger partial charge in [0.1, 0.15) is 72.5 Å². The van der Waals surface area contributed by atoms with Gasteiger partial charge in [0.05, 0.1) is 31.8 Å². The highest BCUT2D eigenvalue weighted by molar-refractivity contribution is 6.01. The first-order valence-corrected chi connectivity index (χ1v) is 35.2. The van der Waals surface area contributed by atoms with Crippen LogP contribution in [0.15, 0.2) is 40.3 Å². The number of guanidine groups is 2. The zero-order valence-electron chi connectivity index (χ0n) is 60.9. The van der Waals surface area contributed by atoms with Crippen molar-refractivity contribution in [3.05, 3.63) is 35.9 Å². The second-order valence-corrected chi connectivity index (χ2v) is 26.1. The number of unbranched alkanes of at least 4 members (excludes halogenated alkanes) is 2. The number of aliphatic imine (C=N–C) groups is 2. The van der Waals surface area contributed by atoms with Gasteiger partial charge in [-0.1, -0.05) is 50.6 Å². The summed E-state index contributed by atoms with van der Waals surface area (Å²) in [6, 6.07) is -11.7. The molecule has 1 saturated heterocycles. The number of nitrogens with zero attached hydrogens (tertiary/aromatic N) is 3. The van der Waals surface area contributed by atoms with Gasteiger partial charge in [-0.25, -0.2) is 0 Å². The molecular formula is C65H112N24O18. The van der Waals surface area contributed by atoms with Crippen molar-refractivity contribution < 1.29 is 87.2 Å². The molecule has 0 spiro atoms. The molecule has 1 unspecified atom stereocenters. The van der Waals surface area contributed by atoms with E-state index in [-0.39, 0.29) is 95.9 Å². The number of nitrogens with two attached hydrogens (primary N) is 10. The Labute approximate surface area is 619 Å². The third-order valence-electron chi connectivity index (χ3n) is 16.8. The lowest BCUT2D eigenvalue weighted by Crippen LogP contribution is -2.62. The quantitative estimate of drug-likeness (QED) is 0.0164. The van der Waals surface area contributed by atoms with Crippen LogP contribution >= 0.6 is 0 Å². The summed E-state index contributed by atoms with van der Waals surface area (Å²) < 4.78 is 0. The van der Waals surface area contributed by atoms with E-state index in [0.29, 0.717) is 37.8 Å². The second-order valence-electron chi connectivity index (χ2n) is 26.1. The molecule has 0 aliphatic carbocycles. The van der Waals surface area contributed by atoms with Crippen LogP contribution in [0.25, 0.3) is 0 Å². The Hall–Kier alpha value is -10.4. The molecule has 1 aliphatic heterocycles. The number of amides is 15. The highest BCUT2D eigenvalue weighted by Gasteiger charge is 2.42. The number of likely N-dealkylation sites (tertiary alicyclic amines) is 1. The molecule has 2 rings (SSSR count). The number of hydrogen-bond acceptors (Lipinski definition) is 23. The van der Waals surface area contributed by atoms with Gasteiger partial charge in [0, 0.05) is 32.5 Å². The fourth-order valence-electron chi connectivity index (χ4n) is 10.9. The Morgan fingerprint density at radius 1 is 0.477 bits per heavy atom. The minimum absolute atomic E-state index is 0.00799. The predicted octanol–water partition coefficient (Wildman–Crippen LogP) is -11.1. The summed E-state index contributed by atoms with van der Waals surface area (Å²) >= 11 is 0. The lowest BCUT2D eigenvalue weighted by molar-refractivity contribution is -0.142. The molecule has 600 valence electrons. The van der Waals surface area contributed by atoms with Crippen LogP contribution in [0.3, 0.4) is 0 Å². The number of rotatable bonds is 51. The van der Waals surface area contributed by atoms with Crippen LogP contribution in [0.2, 0.25) is 0 Å². The summed E-state index contributed by atoms with van der Waals surface area (Å²) in [4.78, 5) is 213. The largest absolute Gasteiger partial charge is 0.394 e. The van der Waals surface area contributed by atoms with Crippen molar-refractivity contribution in [2.45, 2.75) is 215 Å². The van der Waals surface area contributed by atoms with Crippen molar-refractivity contribution in [2.75, 3.05) is 45.9 Å². The molecule has 42 nitrogen and oxygen atoms in total. The molecule has 107 heavy (non-hydrogen) atoms. The number of carbonyl (C=O) groups is 15. The predicted molar refractivity (Wildman–Crippen MR) is 388 cm³/mol. The summed E-state index contributed by atoms with van der Waals surface area (Å²) in [5.41, 5.74) is 56.3. The monoisotopic (exact) mass is 1520 g/mol. The molecule has 1 aromatic carbocycles. The first-order chi connectivity index (χ1) is 50.5. The van der Waals surface area contributed by atoms with Crippen molar-refractivity contribution >= 4 is 101 Å². The van der Waals surface area contributed by atoms with Gasteiger partial charge < -0.3 is 136 Å². The Bertz CT molecular complexity index is 3210. The first-order valence-electron chi connectivity index (χ1n) is 35.2. The highest BCUT2D eigenvalue weighted by Crippen LogP contribution is 2.21. The van der Waals surface area contributed by atoms with Gasteiger partial charge >= 0.3 is 0 Å². The summed E-state index contributed by atoms with van der Waals surface area (Å²) in [6.45, 7) is 3.67. The Morgan fingerprint density at radius 2 is 0.925 bits per heavy atom. The lowest BCUT2D eigenvalue weighted by atomic mass is 10.00. The smallest absolute Gasteiger partial charge is 0.245 e. The molecule has 1 heterocycles. The average Bonchev–Trinajstić information content (AvgIpc) is 1.81. The van der Waals surface area contributed by atoms with E-state index in [4.69, 9.17) is 57.3 Å². The minimum Gasteiger partial charge on any atom is -0.394 e. The van der Waals surface area contributed by atoms with E-state index in [1.807, 2.05) is 0 Å². The van der Waals surface area contributed by atoms with E-state index in [9.17, 15) is 87.2 Å². The van der Waals surface area contributed by atoms with Crippen molar-refractivity contribution in [1.29, 1.82) is 0 Å². The van der Waals surface area contributed by atoms with Gasteiger partial charge in [-0.3, -0.25) is 81.9 Å². The van der Waals surface area contributed by atoms with E-state index in [1.54, 1.807) is 30.3 Å². The van der Waals surface area contributed by atoms with Gasteiger partial charge in [-0.2, -0.15) is 0 Å². The van der Waals surface area contributed by atoms with Crippen LogP contribution in [0.4, 0.5) is 0 Å². The summed E-state index contributed by atoms with van der Waals surface area (Å²) in [6.07, 6.45) is -1.23. The maximum Gasteiger partial charge on any atom is 0.245 e. The number of aliphatic hydroxyl groups is 3. The Morgan fingerprint density at radius 3 is 1.45 bits per heavy atom. The van der Waals surface area contributed by atoms with E-state index in [2.05, 4.69) is 68.5 Å². The van der Waals surface area contributed by atoms with Gasteiger partial charge in [-0.15, -0.1) is 0 Å². The Balaban J connectivity index is 2.40. The molecule has 0 radical (unpaired) electrons. The molecule has 1 aliphatic rings. The molecule has 14 atom stereocenters. The van der Waals surface area contributed by atoms with Crippen molar-refractivity contribution in [3.8, 4) is 0 Å². The number of hydrogen-bond donors (Lipinski definition) is 24. The van der Waals surface area contributed by atoms with Crippen LogP contribution in [0, 0.1) is 5.92 Å². The first kappa shape index (κ1) is 92.7. The van der Waals surface area contributed by atoms with Crippen molar-refractivity contribution in [3.63, 3.8) is 0 Å². The SMILES string of the molecule is CC(C)[C@H](NC(=O)[C@H](CC(N)=O)NC(=O)[C@H](CO)NC(=O)[C@@H](NC(=O)[C@H](C)NC(=O)[C@H](CCCN=C(N)N)NC(=O)[C@H](CCC(N)=O)NC(=O)[C@@H]1CCCN1C(=O)[C@H](CCCN=C(N)N)NC(=O)[C@H](CCCCN)NC(=O)[C@@H](N)CCCCN)C(C)O)C(=O)N[C@@H](Cc1ccccc1)C(=O)N[C@@H](CO)C(N)=O. The van der Waals surface area contributed by atoms with E-state index < -0.39 is 212 Å². The summed E-state index contributed by atoms with van der Waals surface area (Å²) in [7, 11) is 0. The van der Waals surface area contributed by atoms with E-state index in [0.717, 1.165) is 13.8 Å². The van der Waals surface area contributed by atoms with Crippen LogP contribution in [0.5, 0.6) is 0 Å². The fourth-order valence-corrected chi connectivity index (χ4v) is 10.9. The van der Waals surface area contributed by atoms with Crippen LogP contribution in [-0.4, -0.2) is 251 Å². The standard InChI is InChI=1S/C65H112N24O18/c1-33(2)49(61(105)84-42(29-36-15-6-5-7-16-36)57(101)85-44(31-90)51(71)95)87-58(102)43(30-48(70)94)83-59(103)45(32-91)86-62(106)50(35(4)92)88-52(96)34(3)78-54(98)39(19-12-26-76-64(72)73)80-56(100)40(22-23-47(69)93)81-60(104)46-21-14-28-89(46)63(107)41(20-13-27-77-65(74)75)82-55(99)38(18-9-11-25-67)79-53(97)37(68)17-8-10-24-66/h5-7,15-16,33-35,37-46,49-50,90-92H,8-14,17-32,66-68H2,1-4H3,(H2,69,93)(H2,70,94)(H2,71,95)(H,78,98)(H,79,97)(H,80,100)(H,81,104)(H,82,99)(H,83,103)(H,84,105)(H,85,101)(H,86,106)(H,87,102)(H,88,96)(H4,72,73,76)(H4,74,75,77)/t34-,35?,37-,38-,39-,40-,41-,42-,43-,44-,45-,46-,49-,50-/m0/s1. The van der Waals surface area contributed by atoms with Gasteiger partial charge in [0.15, 0.2) is 11.9 Å². The number of primary amides is 3. The highest BCUT2D eigenvalue weighted by atomic mass is 16.3. The third-order valence-corrected chi connectivity index (χ3v) is 16.8. The number of benzene rings is 1. The summed E-state index contributed by atoms with van der Waals surface area (Å²) in [5, 5.41) is 57.3. The van der Waals surface area contributed by atoms with E-state index in [1.165, 1.54) is 18.7 Å². The molecular weight excluding hydrogens is 1400 g/mol. The molecule has 1 fully saturated rings. The van der Waals surface area contributed by atoms with Gasteiger partial charge in [0.25, 0.3) is 0 Å². The maximum absolute atomic E-state index is 14.6. The second kappa shape index (κ2) is 48.6. The van der Waals surface area contributed by atoms with Crippen LogP contribution < -0.4 is 116 Å². The molecule has 34 N–H and O–H groups in total. The zero-order valence-corrected chi connectivity index (χ0v) is 60.9. The molecule has 15 amide bonds. The molecule has 0 bridgehead atoms. The zero-order chi connectivity index (χ0) is 80.6. The molecule has 0 aromatic heterocycles. The third kappa shape index (κ3) is 34.1. The molecule has 42 heteroatoms. The van der Waals surface area contributed by atoms with E-state index >= 15 is 0 Å². The molecule has 0 saturated carbocycles. The Kier molecular flexibility index (Phi) is 42.1.